The first kappa shape index (κ1) is 17.1. The Kier molecular flexibility index (Phi) is 5.48. The molecule has 0 aliphatic heterocycles. The second-order valence-electron chi connectivity index (χ2n) is 5.08. The van der Waals surface area contributed by atoms with Gasteiger partial charge in [0.1, 0.15) is 6.10 Å². The average molecular weight is 339 g/mol. The van der Waals surface area contributed by atoms with E-state index in [1.54, 1.807) is 17.5 Å². The molecule has 2 rings (SSSR count). The zero-order valence-electron chi connectivity index (χ0n) is 12.1. The first-order chi connectivity index (χ1) is 10.9. The predicted molar refractivity (Wildman–Crippen MR) is 82.5 cm³/mol. The van der Waals surface area contributed by atoms with E-state index in [1.807, 2.05) is 0 Å². The van der Waals surface area contributed by atoms with Crippen LogP contribution in [0.15, 0.2) is 29.2 Å². The molecule has 0 aromatic carbocycles. The van der Waals surface area contributed by atoms with Crippen LogP contribution in [0.4, 0.5) is 0 Å². The molecule has 3 atom stereocenters. The Morgan fingerprint density at radius 1 is 1.30 bits per heavy atom. The maximum Gasteiger partial charge on any atom is 0.261 e. The number of hydrogen-bond acceptors (Lipinski definition) is 6. The normalized spacial score (nSPS) is 23.7. The third kappa shape index (κ3) is 4.38. The van der Waals surface area contributed by atoms with E-state index in [2.05, 4.69) is 10.6 Å². The maximum atomic E-state index is 12.0. The van der Waals surface area contributed by atoms with E-state index in [0.29, 0.717) is 4.88 Å². The van der Waals surface area contributed by atoms with Gasteiger partial charge >= 0.3 is 0 Å². The van der Waals surface area contributed by atoms with Crippen LogP contribution < -0.4 is 16.4 Å². The predicted octanol–water partition coefficient (Wildman–Crippen LogP) is -1.50. The molecular weight excluding hydrogens is 322 g/mol. The summed E-state index contributed by atoms with van der Waals surface area (Å²) in [6, 6.07) is 2.42. The Balaban J connectivity index is 2.09. The summed E-state index contributed by atoms with van der Waals surface area (Å²) >= 11 is 1.23. The number of hydrogen-bond donors (Lipinski definition) is 5. The van der Waals surface area contributed by atoms with Crippen LogP contribution in [0.3, 0.4) is 0 Å². The molecular formula is C14H17N3O5S. The lowest BCUT2D eigenvalue weighted by Crippen LogP contribution is -2.51. The first-order valence-electron chi connectivity index (χ1n) is 6.86. The standard InChI is InChI=1S/C14H17N3O5S/c15-11(19)6-16-13(21)7-4-8(12(20)9(18)5-7)17-14(22)10-2-1-3-23-10/h1-4,8-9,12,18,20H,5-6H2,(H2,15,19)(H,16,21)(H,17,22). The first-order valence-corrected chi connectivity index (χ1v) is 7.74. The van der Waals surface area contributed by atoms with Crippen molar-refractivity contribution < 1.29 is 24.6 Å². The van der Waals surface area contributed by atoms with Gasteiger partial charge in [0.25, 0.3) is 5.91 Å². The van der Waals surface area contributed by atoms with Crippen molar-refractivity contribution in [2.24, 2.45) is 5.73 Å². The van der Waals surface area contributed by atoms with E-state index in [1.165, 1.54) is 17.4 Å². The summed E-state index contributed by atoms with van der Waals surface area (Å²) in [6.07, 6.45) is -1.15. The van der Waals surface area contributed by atoms with Crippen LogP contribution in [0.2, 0.25) is 0 Å². The molecule has 0 spiro atoms. The van der Waals surface area contributed by atoms with Crippen LogP contribution >= 0.6 is 11.3 Å². The van der Waals surface area contributed by atoms with Crippen molar-refractivity contribution in [3.8, 4) is 0 Å². The van der Waals surface area contributed by atoms with Crippen LogP contribution in [0.25, 0.3) is 0 Å². The van der Waals surface area contributed by atoms with Crippen molar-refractivity contribution >= 4 is 29.1 Å². The number of aliphatic hydroxyl groups excluding tert-OH is 2. The molecule has 1 aliphatic carbocycles. The van der Waals surface area contributed by atoms with Crippen molar-refractivity contribution in [3.63, 3.8) is 0 Å². The lowest BCUT2D eigenvalue weighted by atomic mass is 9.90. The van der Waals surface area contributed by atoms with E-state index >= 15 is 0 Å². The summed E-state index contributed by atoms with van der Waals surface area (Å²) in [7, 11) is 0. The van der Waals surface area contributed by atoms with Gasteiger partial charge in [-0.05, 0) is 11.4 Å². The molecule has 1 aromatic heterocycles. The Morgan fingerprint density at radius 2 is 2.04 bits per heavy atom. The summed E-state index contributed by atoms with van der Waals surface area (Å²) in [6.45, 7) is -0.332. The van der Waals surface area contributed by atoms with Crippen LogP contribution in [0.5, 0.6) is 0 Å². The van der Waals surface area contributed by atoms with E-state index < -0.39 is 36.0 Å². The smallest absolute Gasteiger partial charge is 0.261 e. The molecule has 0 radical (unpaired) electrons. The minimum Gasteiger partial charge on any atom is -0.390 e. The van der Waals surface area contributed by atoms with Crippen LogP contribution in [-0.2, 0) is 9.59 Å². The summed E-state index contributed by atoms with van der Waals surface area (Å²) < 4.78 is 0. The van der Waals surface area contributed by atoms with Gasteiger partial charge in [0.15, 0.2) is 0 Å². The monoisotopic (exact) mass is 339 g/mol. The van der Waals surface area contributed by atoms with Gasteiger partial charge in [-0.2, -0.15) is 0 Å². The fraction of sp³-hybridized carbons (Fsp3) is 0.357. The van der Waals surface area contributed by atoms with Crippen molar-refractivity contribution in [3.05, 3.63) is 34.0 Å². The zero-order valence-corrected chi connectivity index (χ0v) is 12.9. The molecule has 1 heterocycles. The minimum atomic E-state index is -1.23. The SMILES string of the molecule is NC(=O)CNC(=O)C1=CC(NC(=O)c2cccs2)C(O)C(O)C1. The van der Waals surface area contributed by atoms with Crippen LogP contribution in [-0.4, -0.2) is 52.7 Å². The number of carbonyl (C=O) groups is 3. The quantitative estimate of drug-likeness (QED) is 0.444. The number of rotatable bonds is 5. The van der Waals surface area contributed by atoms with Crippen molar-refractivity contribution in [2.75, 3.05) is 6.54 Å². The molecule has 0 saturated heterocycles. The average Bonchev–Trinajstić information content (AvgIpc) is 3.03. The summed E-state index contributed by atoms with van der Waals surface area (Å²) in [4.78, 5) is 35.1. The minimum absolute atomic E-state index is 0.0862. The fourth-order valence-electron chi connectivity index (χ4n) is 2.18. The highest BCUT2D eigenvalue weighted by molar-refractivity contribution is 7.12. The second kappa shape index (κ2) is 7.36. The highest BCUT2D eigenvalue weighted by Gasteiger charge is 2.33. The molecule has 124 valence electrons. The van der Waals surface area contributed by atoms with Gasteiger partial charge in [0.2, 0.25) is 11.8 Å². The number of nitrogens with one attached hydrogen (secondary N) is 2. The van der Waals surface area contributed by atoms with Crippen molar-refractivity contribution in [2.45, 2.75) is 24.7 Å². The molecule has 8 nitrogen and oxygen atoms in total. The topological polar surface area (TPSA) is 142 Å². The van der Waals surface area contributed by atoms with Gasteiger partial charge in [-0.3, -0.25) is 14.4 Å². The van der Waals surface area contributed by atoms with E-state index in [9.17, 15) is 24.6 Å². The van der Waals surface area contributed by atoms with Crippen molar-refractivity contribution in [1.29, 1.82) is 0 Å². The Hall–Kier alpha value is -2.23. The van der Waals surface area contributed by atoms with Gasteiger partial charge in [-0.1, -0.05) is 12.1 Å². The lowest BCUT2D eigenvalue weighted by molar-refractivity contribution is -0.123. The molecule has 3 unspecified atom stereocenters. The molecule has 9 heteroatoms. The van der Waals surface area contributed by atoms with E-state index in [4.69, 9.17) is 5.73 Å². The third-order valence-corrected chi connectivity index (χ3v) is 4.20. The molecule has 0 saturated carbocycles. The van der Waals surface area contributed by atoms with Gasteiger partial charge in [0, 0.05) is 12.0 Å². The molecule has 3 amide bonds. The summed E-state index contributed by atoms with van der Waals surface area (Å²) in [5.41, 5.74) is 5.12. The number of primary amides is 1. The number of thiophene rings is 1. The van der Waals surface area contributed by atoms with Gasteiger partial charge in [0.05, 0.1) is 23.6 Å². The van der Waals surface area contributed by atoms with Gasteiger partial charge in [-0.15, -0.1) is 11.3 Å². The van der Waals surface area contributed by atoms with Crippen LogP contribution in [0, 0.1) is 0 Å². The Morgan fingerprint density at radius 3 is 2.65 bits per heavy atom. The lowest BCUT2D eigenvalue weighted by Gasteiger charge is -2.30. The largest absolute Gasteiger partial charge is 0.390 e. The summed E-state index contributed by atoms with van der Waals surface area (Å²) in [5, 5.41) is 26.5. The number of carbonyl (C=O) groups excluding carboxylic acids is 3. The van der Waals surface area contributed by atoms with Gasteiger partial charge < -0.3 is 26.6 Å². The molecule has 0 fully saturated rings. The molecule has 1 aliphatic rings. The van der Waals surface area contributed by atoms with Crippen molar-refractivity contribution in [1.82, 2.24) is 10.6 Å². The van der Waals surface area contributed by atoms with E-state index in [-0.39, 0.29) is 18.5 Å². The number of amides is 3. The summed E-state index contributed by atoms with van der Waals surface area (Å²) in [5.74, 6) is -1.69. The fourth-order valence-corrected chi connectivity index (χ4v) is 2.80. The maximum absolute atomic E-state index is 12.0. The Labute approximate surface area is 136 Å². The van der Waals surface area contributed by atoms with E-state index in [0.717, 1.165) is 0 Å². The third-order valence-electron chi connectivity index (χ3n) is 3.33. The number of aliphatic hydroxyl groups is 2. The van der Waals surface area contributed by atoms with Crippen LogP contribution in [0.1, 0.15) is 16.1 Å². The highest BCUT2D eigenvalue weighted by atomic mass is 32.1. The molecule has 23 heavy (non-hydrogen) atoms. The zero-order chi connectivity index (χ0) is 17.0. The molecule has 0 bridgehead atoms. The number of nitrogens with two attached hydrogens (primary N) is 1. The van der Waals surface area contributed by atoms with Gasteiger partial charge in [-0.25, -0.2) is 0 Å². The molecule has 6 N–H and O–H groups in total. The Bertz CT molecular complexity index is 628. The molecule has 1 aromatic rings. The highest BCUT2D eigenvalue weighted by Crippen LogP contribution is 2.20. The second-order valence-corrected chi connectivity index (χ2v) is 6.03.